The fourth-order valence-electron chi connectivity index (χ4n) is 2.39. The molecule has 1 heterocycles. The molecule has 0 aromatic heterocycles. The van der Waals surface area contributed by atoms with Crippen molar-refractivity contribution < 1.29 is 9.59 Å². The van der Waals surface area contributed by atoms with E-state index in [1.165, 1.54) is 0 Å². The van der Waals surface area contributed by atoms with Crippen molar-refractivity contribution in [3.63, 3.8) is 0 Å². The Labute approximate surface area is 127 Å². The molecule has 0 radical (unpaired) electrons. The van der Waals surface area contributed by atoms with Gasteiger partial charge in [-0.1, -0.05) is 28.1 Å². The van der Waals surface area contributed by atoms with Crippen LogP contribution in [0.4, 0.5) is 0 Å². The molecule has 4 nitrogen and oxygen atoms in total. The molecule has 0 fully saturated rings. The van der Waals surface area contributed by atoms with Crippen LogP contribution in [0.2, 0.25) is 0 Å². The van der Waals surface area contributed by atoms with Gasteiger partial charge in [0.25, 0.3) is 5.91 Å². The predicted molar refractivity (Wildman–Crippen MR) is 81.3 cm³/mol. The van der Waals surface area contributed by atoms with Gasteiger partial charge < -0.3 is 10.2 Å². The third kappa shape index (κ3) is 2.77. The Hall–Kier alpha value is -1.62. The van der Waals surface area contributed by atoms with Crippen LogP contribution in [0.3, 0.4) is 0 Å². The van der Waals surface area contributed by atoms with Crippen molar-refractivity contribution in [2.75, 3.05) is 7.05 Å². The summed E-state index contributed by atoms with van der Waals surface area (Å²) in [7, 11) is 1.61. The van der Waals surface area contributed by atoms with Gasteiger partial charge in [-0.15, -0.1) is 6.58 Å². The quantitative estimate of drug-likeness (QED) is 0.840. The summed E-state index contributed by atoms with van der Waals surface area (Å²) in [4.78, 5) is 25.5. The standard InChI is InChI=1S/C15H17BrN2O2/c1-3-10(7-8-14(19)17-2)18-9-12-11(15(18)20)5-4-6-13(12)16/h3-6,10H,1,7-9H2,2H3,(H,17,19). The maximum atomic E-state index is 12.4. The lowest BCUT2D eigenvalue weighted by Crippen LogP contribution is -2.35. The van der Waals surface area contributed by atoms with Crippen LogP contribution in [0.1, 0.15) is 28.8 Å². The number of nitrogens with one attached hydrogen (secondary N) is 1. The summed E-state index contributed by atoms with van der Waals surface area (Å²) < 4.78 is 0.944. The Balaban J connectivity index is 2.14. The molecule has 106 valence electrons. The van der Waals surface area contributed by atoms with Gasteiger partial charge in [-0.25, -0.2) is 0 Å². The first-order valence-electron chi connectivity index (χ1n) is 6.50. The lowest BCUT2D eigenvalue weighted by molar-refractivity contribution is -0.120. The number of amides is 2. The Kier molecular flexibility index (Phi) is 4.60. The Morgan fingerprint density at radius 1 is 1.60 bits per heavy atom. The molecule has 0 spiro atoms. The first kappa shape index (κ1) is 14.8. The van der Waals surface area contributed by atoms with Crippen molar-refractivity contribution in [2.45, 2.75) is 25.4 Å². The van der Waals surface area contributed by atoms with Gasteiger partial charge in [0.05, 0.1) is 6.04 Å². The molecule has 0 saturated carbocycles. The minimum atomic E-state index is -0.126. The van der Waals surface area contributed by atoms with E-state index in [1.54, 1.807) is 18.0 Å². The van der Waals surface area contributed by atoms with Gasteiger partial charge in [0, 0.05) is 30.0 Å². The van der Waals surface area contributed by atoms with Crippen LogP contribution < -0.4 is 5.32 Å². The molecule has 0 aliphatic carbocycles. The molecule has 0 saturated heterocycles. The van der Waals surface area contributed by atoms with E-state index in [1.807, 2.05) is 18.2 Å². The number of carbonyl (C=O) groups is 2. The van der Waals surface area contributed by atoms with Gasteiger partial charge in [0.1, 0.15) is 0 Å². The smallest absolute Gasteiger partial charge is 0.255 e. The largest absolute Gasteiger partial charge is 0.359 e. The minimum Gasteiger partial charge on any atom is -0.359 e. The zero-order valence-electron chi connectivity index (χ0n) is 11.4. The van der Waals surface area contributed by atoms with Gasteiger partial charge in [0.15, 0.2) is 0 Å². The van der Waals surface area contributed by atoms with Crippen LogP contribution in [0, 0.1) is 0 Å². The number of fused-ring (bicyclic) bond motifs is 1. The first-order chi connectivity index (χ1) is 9.58. The van der Waals surface area contributed by atoms with Gasteiger partial charge in [-0.2, -0.15) is 0 Å². The van der Waals surface area contributed by atoms with Crippen LogP contribution in [-0.4, -0.2) is 29.8 Å². The maximum Gasteiger partial charge on any atom is 0.255 e. The summed E-state index contributed by atoms with van der Waals surface area (Å²) in [5.41, 5.74) is 1.73. The second-order valence-corrected chi connectivity index (χ2v) is 5.57. The number of nitrogens with zero attached hydrogens (tertiary/aromatic N) is 1. The summed E-state index contributed by atoms with van der Waals surface area (Å²) in [5.74, 6) is -0.0229. The van der Waals surface area contributed by atoms with Gasteiger partial charge >= 0.3 is 0 Å². The first-order valence-corrected chi connectivity index (χ1v) is 7.29. The number of benzene rings is 1. The van der Waals surface area contributed by atoms with E-state index < -0.39 is 0 Å². The van der Waals surface area contributed by atoms with E-state index in [2.05, 4.69) is 27.8 Å². The molecule has 1 N–H and O–H groups in total. The minimum absolute atomic E-state index is 0.00288. The van der Waals surface area contributed by atoms with Gasteiger partial charge in [-0.3, -0.25) is 9.59 Å². The Morgan fingerprint density at radius 3 is 2.95 bits per heavy atom. The molecule has 1 aliphatic rings. The Bertz CT molecular complexity index is 557. The second-order valence-electron chi connectivity index (χ2n) is 4.71. The van der Waals surface area contributed by atoms with Crippen LogP contribution in [0.5, 0.6) is 0 Å². The molecule has 0 bridgehead atoms. The fourth-order valence-corrected chi connectivity index (χ4v) is 2.88. The SMILES string of the molecule is C=CC(CCC(=O)NC)N1Cc2c(Br)cccc2C1=O. The molecule has 2 rings (SSSR count). The molecule has 20 heavy (non-hydrogen) atoms. The van der Waals surface area contributed by atoms with Gasteiger partial charge in [-0.05, 0) is 24.1 Å². The molecule has 2 amide bonds. The highest BCUT2D eigenvalue weighted by Gasteiger charge is 2.32. The molecule has 5 heteroatoms. The van der Waals surface area contributed by atoms with E-state index >= 15 is 0 Å². The highest BCUT2D eigenvalue weighted by molar-refractivity contribution is 9.10. The Morgan fingerprint density at radius 2 is 2.35 bits per heavy atom. The zero-order valence-corrected chi connectivity index (χ0v) is 12.9. The third-order valence-corrected chi connectivity index (χ3v) is 4.30. The summed E-state index contributed by atoms with van der Waals surface area (Å²) in [6, 6.07) is 5.50. The molecule has 1 unspecified atom stereocenters. The number of hydrogen-bond acceptors (Lipinski definition) is 2. The lowest BCUT2D eigenvalue weighted by Gasteiger charge is -2.24. The van der Waals surface area contributed by atoms with Crippen LogP contribution in [-0.2, 0) is 11.3 Å². The van der Waals surface area contributed by atoms with Gasteiger partial charge in [0.2, 0.25) is 5.91 Å². The molecule has 1 atom stereocenters. The predicted octanol–water partition coefficient (Wildman–Crippen LogP) is 2.49. The molecule has 1 aliphatic heterocycles. The van der Waals surface area contributed by atoms with E-state index in [4.69, 9.17) is 0 Å². The van der Waals surface area contributed by atoms with Crippen molar-refractivity contribution >= 4 is 27.7 Å². The third-order valence-electron chi connectivity index (χ3n) is 3.56. The molecule has 1 aromatic carbocycles. The number of rotatable bonds is 5. The van der Waals surface area contributed by atoms with E-state index in [0.29, 0.717) is 19.4 Å². The van der Waals surface area contributed by atoms with Crippen molar-refractivity contribution in [1.82, 2.24) is 10.2 Å². The second kappa shape index (κ2) is 6.22. The average Bonchev–Trinajstić information content (AvgIpc) is 2.79. The summed E-state index contributed by atoms with van der Waals surface area (Å²) >= 11 is 3.48. The zero-order chi connectivity index (χ0) is 14.7. The van der Waals surface area contributed by atoms with Crippen molar-refractivity contribution in [3.05, 3.63) is 46.5 Å². The highest BCUT2D eigenvalue weighted by atomic mass is 79.9. The number of carbonyl (C=O) groups excluding carboxylic acids is 2. The van der Waals surface area contributed by atoms with Crippen LogP contribution in [0.25, 0.3) is 0 Å². The normalized spacial score (nSPS) is 14.9. The topological polar surface area (TPSA) is 49.4 Å². The number of hydrogen-bond donors (Lipinski definition) is 1. The number of halogens is 1. The van der Waals surface area contributed by atoms with Crippen molar-refractivity contribution in [2.24, 2.45) is 0 Å². The summed E-state index contributed by atoms with van der Waals surface area (Å²) in [6.45, 7) is 4.35. The monoisotopic (exact) mass is 336 g/mol. The maximum absolute atomic E-state index is 12.4. The van der Waals surface area contributed by atoms with Crippen molar-refractivity contribution in [3.8, 4) is 0 Å². The van der Waals surface area contributed by atoms with Crippen LogP contribution >= 0.6 is 15.9 Å². The highest BCUT2D eigenvalue weighted by Crippen LogP contribution is 2.31. The van der Waals surface area contributed by atoms with E-state index in [0.717, 1.165) is 15.6 Å². The lowest BCUT2D eigenvalue weighted by atomic mass is 10.1. The molecule has 1 aromatic rings. The summed E-state index contributed by atoms with van der Waals surface area (Å²) in [6.07, 6.45) is 2.70. The summed E-state index contributed by atoms with van der Waals surface area (Å²) in [5, 5.41) is 2.59. The fraction of sp³-hybridized carbons (Fsp3) is 0.333. The van der Waals surface area contributed by atoms with E-state index in [9.17, 15) is 9.59 Å². The van der Waals surface area contributed by atoms with Crippen LogP contribution in [0.15, 0.2) is 35.3 Å². The molecular formula is C15H17BrN2O2. The average molecular weight is 337 g/mol. The molecular weight excluding hydrogens is 320 g/mol. The van der Waals surface area contributed by atoms with E-state index in [-0.39, 0.29) is 17.9 Å². The van der Waals surface area contributed by atoms with Crippen molar-refractivity contribution in [1.29, 1.82) is 0 Å².